The molecule has 1 heterocycles. The number of benzene rings is 1. The van der Waals surface area contributed by atoms with Gasteiger partial charge in [-0.15, -0.1) is 0 Å². The van der Waals surface area contributed by atoms with Crippen LogP contribution in [0.15, 0.2) is 18.2 Å². The van der Waals surface area contributed by atoms with Crippen LogP contribution in [0.4, 0.5) is 23.2 Å². The lowest BCUT2D eigenvalue weighted by atomic mass is 10.1. The van der Waals surface area contributed by atoms with Crippen molar-refractivity contribution in [2.24, 2.45) is 5.73 Å². The fraction of sp³-hybridized carbons (Fsp3) is 0.154. The molecule has 0 aliphatic carbocycles. The van der Waals surface area contributed by atoms with E-state index in [0.29, 0.717) is 12.1 Å². The predicted molar refractivity (Wildman–Crippen MR) is 77.3 cm³/mol. The van der Waals surface area contributed by atoms with E-state index in [-0.39, 0.29) is 34.2 Å². The van der Waals surface area contributed by atoms with Crippen LogP contribution in [-0.2, 0) is 6.18 Å². The molecule has 1 aromatic heterocycles. The molecule has 0 aliphatic rings. The fourth-order valence-corrected chi connectivity index (χ4v) is 1.81. The van der Waals surface area contributed by atoms with E-state index < -0.39 is 17.6 Å². The quantitative estimate of drug-likeness (QED) is 0.493. The molecule has 2 aromatic rings. The summed E-state index contributed by atoms with van der Waals surface area (Å²) in [7, 11) is 1.50. The molecular formula is C13H11ClF4N4O. The molecule has 0 radical (unpaired) electrons. The van der Waals surface area contributed by atoms with E-state index in [0.717, 1.165) is 6.07 Å². The molecule has 10 heteroatoms. The Bertz CT molecular complexity index is 722. The Hall–Kier alpha value is -2.26. The monoisotopic (exact) mass is 350 g/mol. The highest BCUT2D eigenvalue weighted by atomic mass is 35.5. The van der Waals surface area contributed by atoms with E-state index in [2.05, 4.69) is 15.7 Å². The first kappa shape index (κ1) is 18.8. The Labute approximate surface area is 133 Å². The van der Waals surface area contributed by atoms with Gasteiger partial charge >= 0.3 is 6.18 Å². The van der Waals surface area contributed by atoms with Gasteiger partial charge in [0.1, 0.15) is 17.2 Å². The summed E-state index contributed by atoms with van der Waals surface area (Å²) in [4.78, 5) is 17.9. The molecule has 0 amide bonds. The minimum absolute atomic E-state index is 0.247. The number of hydrogen-bond donors (Lipinski definition) is 2. The number of nitrogen functional groups attached to an aromatic ring is 1. The van der Waals surface area contributed by atoms with Crippen molar-refractivity contribution in [1.29, 1.82) is 0 Å². The number of rotatable bonds is 2. The molecule has 0 atom stereocenters. The summed E-state index contributed by atoms with van der Waals surface area (Å²) >= 11 is 5.57. The van der Waals surface area contributed by atoms with E-state index in [9.17, 15) is 22.4 Å². The second kappa shape index (κ2) is 7.34. The zero-order chi connectivity index (χ0) is 17.8. The smallest absolute Gasteiger partial charge is 0.395 e. The van der Waals surface area contributed by atoms with Gasteiger partial charge in [-0.2, -0.15) is 13.2 Å². The molecule has 0 aliphatic heterocycles. The van der Waals surface area contributed by atoms with Crippen LogP contribution in [0.1, 0.15) is 16.1 Å². The Morgan fingerprint density at radius 3 is 2.30 bits per heavy atom. The number of anilines is 1. The van der Waals surface area contributed by atoms with Crippen molar-refractivity contribution >= 4 is 23.6 Å². The molecule has 0 unspecified atom stereocenters. The molecule has 2 rings (SSSR count). The number of carbonyl (C=O) groups is 1. The van der Waals surface area contributed by atoms with Gasteiger partial charge in [0.05, 0.1) is 11.3 Å². The van der Waals surface area contributed by atoms with Crippen LogP contribution in [0, 0.1) is 5.82 Å². The van der Waals surface area contributed by atoms with Gasteiger partial charge in [-0.25, -0.2) is 14.4 Å². The largest absolute Gasteiger partial charge is 0.416 e. The van der Waals surface area contributed by atoms with Crippen LogP contribution >= 0.6 is 11.6 Å². The third-order valence-electron chi connectivity index (χ3n) is 2.61. The maximum Gasteiger partial charge on any atom is 0.416 e. The van der Waals surface area contributed by atoms with Gasteiger partial charge in [0, 0.05) is 5.56 Å². The molecule has 0 saturated carbocycles. The molecule has 0 fully saturated rings. The summed E-state index contributed by atoms with van der Waals surface area (Å²) in [5, 5.41) is -0.374. The molecule has 124 valence electrons. The highest BCUT2D eigenvalue weighted by Gasteiger charge is 2.31. The molecule has 0 bridgehead atoms. The Kier molecular flexibility index (Phi) is 5.99. The van der Waals surface area contributed by atoms with Gasteiger partial charge in [0.25, 0.3) is 0 Å². The number of aldehydes is 1. The van der Waals surface area contributed by atoms with Gasteiger partial charge < -0.3 is 11.5 Å². The van der Waals surface area contributed by atoms with Crippen LogP contribution in [-0.4, -0.2) is 23.3 Å². The minimum atomic E-state index is -4.68. The van der Waals surface area contributed by atoms with Crippen molar-refractivity contribution in [3.05, 3.63) is 40.6 Å². The van der Waals surface area contributed by atoms with Gasteiger partial charge in [0.15, 0.2) is 6.29 Å². The first-order valence-corrected chi connectivity index (χ1v) is 6.35. The van der Waals surface area contributed by atoms with E-state index >= 15 is 0 Å². The summed E-state index contributed by atoms with van der Waals surface area (Å²) in [5.41, 5.74) is 7.83. The molecule has 4 N–H and O–H groups in total. The average molecular weight is 351 g/mol. The highest BCUT2D eigenvalue weighted by molar-refractivity contribution is 6.28. The highest BCUT2D eigenvalue weighted by Crippen LogP contribution is 2.34. The van der Waals surface area contributed by atoms with E-state index in [1.54, 1.807) is 0 Å². The summed E-state index contributed by atoms with van der Waals surface area (Å²) in [5.74, 6) is -1.19. The number of aromatic nitrogens is 2. The van der Waals surface area contributed by atoms with Crippen LogP contribution in [0.3, 0.4) is 0 Å². The Morgan fingerprint density at radius 1 is 1.22 bits per heavy atom. The van der Waals surface area contributed by atoms with Gasteiger partial charge in [-0.05, 0) is 36.8 Å². The predicted octanol–water partition coefficient (Wildman–Crippen LogP) is 2.92. The number of alkyl halides is 3. The average Bonchev–Trinajstić information content (AvgIpc) is 2.50. The Balaban J connectivity index is 0.00000127. The van der Waals surface area contributed by atoms with Crippen LogP contribution in [0.25, 0.3) is 11.3 Å². The second-order valence-corrected chi connectivity index (χ2v) is 4.29. The summed E-state index contributed by atoms with van der Waals surface area (Å²) in [6.45, 7) is 0. The Morgan fingerprint density at radius 2 is 1.83 bits per heavy atom. The summed E-state index contributed by atoms with van der Waals surface area (Å²) in [6, 6.07) is 1.85. The first-order valence-electron chi connectivity index (χ1n) is 5.97. The van der Waals surface area contributed by atoms with Crippen molar-refractivity contribution in [3.8, 4) is 11.3 Å². The lowest BCUT2D eigenvalue weighted by Crippen LogP contribution is -2.07. The van der Waals surface area contributed by atoms with Crippen molar-refractivity contribution in [2.75, 3.05) is 12.8 Å². The maximum absolute atomic E-state index is 13.9. The third kappa shape index (κ3) is 4.14. The number of nitrogens with two attached hydrogens (primary N) is 2. The van der Waals surface area contributed by atoms with Gasteiger partial charge in [0.2, 0.25) is 5.28 Å². The lowest BCUT2D eigenvalue weighted by Gasteiger charge is -2.11. The van der Waals surface area contributed by atoms with Gasteiger partial charge in [-0.3, -0.25) is 4.79 Å². The second-order valence-electron chi connectivity index (χ2n) is 3.95. The number of halogens is 5. The van der Waals surface area contributed by atoms with Crippen molar-refractivity contribution in [1.82, 2.24) is 9.97 Å². The SMILES string of the molecule is CN.Nc1c(C=O)nc(Cl)nc1-c1ccc(C(F)(F)F)cc1F. The summed E-state index contributed by atoms with van der Waals surface area (Å²) in [6.07, 6.45) is -4.39. The molecule has 0 saturated heterocycles. The molecular weight excluding hydrogens is 340 g/mol. The maximum atomic E-state index is 13.9. The molecule has 0 spiro atoms. The zero-order valence-corrected chi connectivity index (χ0v) is 12.4. The van der Waals surface area contributed by atoms with E-state index in [4.69, 9.17) is 17.3 Å². The zero-order valence-electron chi connectivity index (χ0n) is 11.7. The topological polar surface area (TPSA) is 94.9 Å². The van der Waals surface area contributed by atoms with Crippen molar-refractivity contribution in [3.63, 3.8) is 0 Å². The standard InChI is InChI=1S/C12H6ClF4N3O.CH5N/c13-11-19-8(4-21)9(18)10(20-11)6-2-1-5(3-7(6)14)12(15,16)17;1-2/h1-4H,18H2;2H2,1H3. The van der Waals surface area contributed by atoms with Crippen LogP contribution in [0.2, 0.25) is 5.28 Å². The normalized spacial score (nSPS) is 10.7. The number of carbonyl (C=O) groups excluding carboxylic acids is 1. The minimum Gasteiger partial charge on any atom is -0.395 e. The van der Waals surface area contributed by atoms with E-state index in [1.807, 2.05) is 0 Å². The fourth-order valence-electron chi connectivity index (χ4n) is 1.64. The lowest BCUT2D eigenvalue weighted by molar-refractivity contribution is -0.137. The molecule has 1 aromatic carbocycles. The van der Waals surface area contributed by atoms with Crippen LogP contribution < -0.4 is 11.5 Å². The number of hydrogen-bond acceptors (Lipinski definition) is 5. The van der Waals surface area contributed by atoms with Gasteiger partial charge in [-0.1, -0.05) is 0 Å². The van der Waals surface area contributed by atoms with Crippen LogP contribution in [0.5, 0.6) is 0 Å². The summed E-state index contributed by atoms with van der Waals surface area (Å²) < 4.78 is 51.3. The van der Waals surface area contributed by atoms with Crippen molar-refractivity contribution in [2.45, 2.75) is 6.18 Å². The third-order valence-corrected chi connectivity index (χ3v) is 2.78. The van der Waals surface area contributed by atoms with Crippen molar-refractivity contribution < 1.29 is 22.4 Å². The van der Waals surface area contributed by atoms with E-state index in [1.165, 1.54) is 7.05 Å². The first-order chi connectivity index (χ1) is 10.7. The molecule has 5 nitrogen and oxygen atoms in total. The molecule has 23 heavy (non-hydrogen) atoms. The number of nitrogens with zero attached hydrogens (tertiary/aromatic N) is 2.